The molecule has 0 amide bonds. The van der Waals surface area contributed by atoms with Gasteiger partial charge in [0.1, 0.15) is 0 Å². The van der Waals surface area contributed by atoms with Crippen LogP contribution in [0.25, 0.3) is 0 Å². The minimum Gasteiger partial charge on any atom is -0.381 e. The van der Waals surface area contributed by atoms with Gasteiger partial charge in [0.2, 0.25) is 0 Å². The number of para-hydroxylation sites is 2. The number of nitrogens with zero attached hydrogens (tertiary/aromatic N) is 1. The van der Waals surface area contributed by atoms with Gasteiger partial charge >= 0.3 is 0 Å². The first-order valence-electron chi connectivity index (χ1n) is 7.56. The van der Waals surface area contributed by atoms with Crippen molar-refractivity contribution in [3.63, 3.8) is 0 Å². The SMILES string of the molecule is CSc1ccccc1NC1CCN(c2ccccc2)CC1. The second-order valence-electron chi connectivity index (χ2n) is 5.44. The van der Waals surface area contributed by atoms with Gasteiger partial charge in [0, 0.05) is 35.4 Å². The van der Waals surface area contributed by atoms with Crippen LogP contribution in [0, 0.1) is 0 Å². The molecule has 1 aliphatic heterocycles. The van der Waals surface area contributed by atoms with Crippen molar-refractivity contribution >= 4 is 23.1 Å². The van der Waals surface area contributed by atoms with Crippen molar-refractivity contribution in [3.8, 4) is 0 Å². The summed E-state index contributed by atoms with van der Waals surface area (Å²) in [5.41, 5.74) is 2.63. The second kappa shape index (κ2) is 6.90. The van der Waals surface area contributed by atoms with Crippen LogP contribution in [0.5, 0.6) is 0 Å². The second-order valence-corrected chi connectivity index (χ2v) is 6.29. The van der Waals surface area contributed by atoms with Gasteiger partial charge in [0.15, 0.2) is 0 Å². The first-order valence-corrected chi connectivity index (χ1v) is 8.79. The Morgan fingerprint density at radius 2 is 1.62 bits per heavy atom. The summed E-state index contributed by atoms with van der Waals surface area (Å²) in [4.78, 5) is 3.82. The average molecular weight is 298 g/mol. The maximum absolute atomic E-state index is 3.72. The zero-order valence-electron chi connectivity index (χ0n) is 12.5. The maximum atomic E-state index is 3.72. The Morgan fingerprint density at radius 1 is 0.952 bits per heavy atom. The van der Waals surface area contributed by atoms with E-state index in [-0.39, 0.29) is 0 Å². The first kappa shape index (κ1) is 14.3. The largest absolute Gasteiger partial charge is 0.381 e. The molecule has 2 nitrogen and oxygen atoms in total. The van der Waals surface area contributed by atoms with Gasteiger partial charge < -0.3 is 10.2 Å². The molecule has 0 radical (unpaired) electrons. The summed E-state index contributed by atoms with van der Waals surface area (Å²) in [6.07, 6.45) is 4.52. The fourth-order valence-electron chi connectivity index (χ4n) is 2.90. The monoisotopic (exact) mass is 298 g/mol. The summed E-state index contributed by atoms with van der Waals surface area (Å²) in [5, 5.41) is 3.72. The van der Waals surface area contributed by atoms with Crippen LogP contribution in [0.3, 0.4) is 0 Å². The topological polar surface area (TPSA) is 15.3 Å². The number of benzene rings is 2. The summed E-state index contributed by atoms with van der Waals surface area (Å²) in [5.74, 6) is 0. The zero-order chi connectivity index (χ0) is 14.5. The highest BCUT2D eigenvalue weighted by Crippen LogP contribution is 2.27. The summed E-state index contributed by atoms with van der Waals surface area (Å²) >= 11 is 1.81. The van der Waals surface area contributed by atoms with E-state index in [1.807, 2.05) is 11.8 Å². The highest BCUT2D eigenvalue weighted by Gasteiger charge is 2.19. The zero-order valence-corrected chi connectivity index (χ0v) is 13.3. The molecule has 2 aromatic rings. The quantitative estimate of drug-likeness (QED) is 0.837. The molecule has 3 heteroatoms. The third-order valence-electron chi connectivity index (χ3n) is 4.08. The Bertz CT molecular complexity index is 562. The Hall–Kier alpha value is -1.61. The number of hydrogen-bond donors (Lipinski definition) is 1. The predicted octanol–water partition coefficient (Wildman–Crippen LogP) is 4.49. The van der Waals surface area contributed by atoms with Gasteiger partial charge in [-0.3, -0.25) is 0 Å². The summed E-state index contributed by atoms with van der Waals surface area (Å²) < 4.78 is 0. The van der Waals surface area contributed by atoms with Gasteiger partial charge in [0.05, 0.1) is 0 Å². The molecule has 1 fully saturated rings. The number of thioether (sulfide) groups is 1. The van der Waals surface area contributed by atoms with Crippen molar-refractivity contribution in [3.05, 3.63) is 54.6 Å². The van der Waals surface area contributed by atoms with Crippen LogP contribution in [-0.4, -0.2) is 25.4 Å². The Labute approximate surface area is 131 Å². The minimum absolute atomic E-state index is 0.582. The standard InChI is InChI=1S/C18H22N2S/c1-21-18-10-6-5-9-17(18)19-15-11-13-20(14-12-15)16-7-3-2-4-8-16/h2-10,15,19H,11-14H2,1H3. The Kier molecular flexibility index (Phi) is 4.71. The molecule has 0 aliphatic carbocycles. The number of nitrogens with one attached hydrogen (secondary N) is 1. The maximum Gasteiger partial charge on any atom is 0.0480 e. The van der Waals surface area contributed by atoms with E-state index in [0.29, 0.717) is 6.04 Å². The summed E-state index contributed by atoms with van der Waals surface area (Å²) in [6, 6.07) is 19.9. The molecule has 1 saturated heterocycles. The molecule has 110 valence electrons. The lowest BCUT2D eigenvalue weighted by atomic mass is 10.0. The van der Waals surface area contributed by atoms with E-state index in [2.05, 4.69) is 71.1 Å². The van der Waals surface area contributed by atoms with Gasteiger partial charge in [-0.25, -0.2) is 0 Å². The van der Waals surface area contributed by atoms with E-state index in [0.717, 1.165) is 13.1 Å². The van der Waals surface area contributed by atoms with Crippen molar-refractivity contribution in [1.29, 1.82) is 0 Å². The van der Waals surface area contributed by atoms with E-state index in [1.54, 1.807) is 0 Å². The van der Waals surface area contributed by atoms with Crippen molar-refractivity contribution in [1.82, 2.24) is 0 Å². The van der Waals surface area contributed by atoms with Gasteiger partial charge in [-0.1, -0.05) is 30.3 Å². The molecule has 0 spiro atoms. The average Bonchev–Trinajstić information content (AvgIpc) is 2.57. The van der Waals surface area contributed by atoms with Crippen molar-refractivity contribution in [2.45, 2.75) is 23.8 Å². The molecule has 0 saturated carbocycles. The van der Waals surface area contributed by atoms with E-state index in [9.17, 15) is 0 Å². The first-order chi connectivity index (χ1) is 10.4. The van der Waals surface area contributed by atoms with Crippen LogP contribution in [0.4, 0.5) is 11.4 Å². The van der Waals surface area contributed by atoms with Crippen LogP contribution in [0.15, 0.2) is 59.5 Å². The number of rotatable bonds is 4. The van der Waals surface area contributed by atoms with E-state index >= 15 is 0 Å². The molecular weight excluding hydrogens is 276 g/mol. The molecule has 1 N–H and O–H groups in total. The van der Waals surface area contributed by atoms with Crippen molar-refractivity contribution < 1.29 is 0 Å². The minimum atomic E-state index is 0.582. The predicted molar refractivity (Wildman–Crippen MR) is 93.5 cm³/mol. The highest BCUT2D eigenvalue weighted by atomic mass is 32.2. The van der Waals surface area contributed by atoms with E-state index < -0.39 is 0 Å². The normalized spacial score (nSPS) is 16.0. The molecule has 0 atom stereocenters. The lowest BCUT2D eigenvalue weighted by molar-refractivity contribution is 0.526. The van der Waals surface area contributed by atoms with Crippen LogP contribution in [0.2, 0.25) is 0 Å². The number of anilines is 2. The number of piperidine rings is 1. The van der Waals surface area contributed by atoms with Crippen LogP contribution < -0.4 is 10.2 Å². The van der Waals surface area contributed by atoms with Gasteiger partial charge in [0.25, 0.3) is 0 Å². The van der Waals surface area contributed by atoms with Crippen molar-refractivity contribution in [2.75, 3.05) is 29.6 Å². The lowest BCUT2D eigenvalue weighted by Gasteiger charge is -2.34. The number of hydrogen-bond acceptors (Lipinski definition) is 3. The van der Waals surface area contributed by atoms with E-state index in [1.165, 1.54) is 29.1 Å². The van der Waals surface area contributed by atoms with Gasteiger partial charge in [-0.05, 0) is 43.4 Å². The smallest absolute Gasteiger partial charge is 0.0480 e. The third-order valence-corrected chi connectivity index (χ3v) is 4.88. The molecule has 2 aromatic carbocycles. The van der Waals surface area contributed by atoms with E-state index in [4.69, 9.17) is 0 Å². The summed E-state index contributed by atoms with van der Waals surface area (Å²) in [6.45, 7) is 2.26. The molecule has 1 heterocycles. The fourth-order valence-corrected chi connectivity index (χ4v) is 3.47. The Morgan fingerprint density at radius 3 is 2.33 bits per heavy atom. The molecule has 0 unspecified atom stereocenters. The molecule has 21 heavy (non-hydrogen) atoms. The fraction of sp³-hybridized carbons (Fsp3) is 0.333. The van der Waals surface area contributed by atoms with Gasteiger partial charge in [-0.15, -0.1) is 11.8 Å². The van der Waals surface area contributed by atoms with Crippen LogP contribution in [-0.2, 0) is 0 Å². The Balaban J connectivity index is 1.59. The lowest BCUT2D eigenvalue weighted by Crippen LogP contribution is -2.39. The molecule has 3 rings (SSSR count). The van der Waals surface area contributed by atoms with Crippen molar-refractivity contribution in [2.24, 2.45) is 0 Å². The highest BCUT2D eigenvalue weighted by molar-refractivity contribution is 7.98. The van der Waals surface area contributed by atoms with Crippen LogP contribution >= 0.6 is 11.8 Å². The molecule has 0 aromatic heterocycles. The van der Waals surface area contributed by atoms with Gasteiger partial charge in [-0.2, -0.15) is 0 Å². The molecule has 1 aliphatic rings. The molecule has 0 bridgehead atoms. The van der Waals surface area contributed by atoms with Crippen LogP contribution in [0.1, 0.15) is 12.8 Å². The third kappa shape index (κ3) is 3.53. The summed E-state index contributed by atoms with van der Waals surface area (Å²) in [7, 11) is 0. The molecular formula is C18H22N2S.